The van der Waals surface area contributed by atoms with Gasteiger partial charge in [-0.25, -0.2) is 8.42 Å². The first-order valence-electron chi connectivity index (χ1n) is 8.42. The maximum absolute atomic E-state index is 12.6. The second-order valence-electron chi connectivity index (χ2n) is 6.14. The molecule has 156 valence electrons. The number of amides is 1. The Bertz CT molecular complexity index is 1170. The number of benzene rings is 3. The molecule has 0 radical (unpaired) electrons. The quantitative estimate of drug-likeness (QED) is 0.541. The molecular formula is C20H14ClF3N2O3S. The van der Waals surface area contributed by atoms with E-state index >= 15 is 0 Å². The Morgan fingerprint density at radius 3 is 2.03 bits per heavy atom. The molecule has 5 nitrogen and oxygen atoms in total. The summed E-state index contributed by atoms with van der Waals surface area (Å²) >= 11 is 6.11. The zero-order valence-electron chi connectivity index (χ0n) is 15.1. The van der Waals surface area contributed by atoms with E-state index in [2.05, 4.69) is 10.0 Å². The van der Waals surface area contributed by atoms with Crippen LogP contribution in [0.3, 0.4) is 0 Å². The van der Waals surface area contributed by atoms with Crippen LogP contribution < -0.4 is 10.0 Å². The number of sulfonamides is 1. The third-order valence-electron chi connectivity index (χ3n) is 3.99. The van der Waals surface area contributed by atoms with Crippen molar-refractivity contribution in [1.82, 2.24) is 0 Å². The molecule has 3 aromatic carbocycles. The molecule has 0 bridgehead atoms. The molecular weight excluding hydrogens is 441 g/mol. The van der Waals surface area contributed by atoms with E-state index in [0.29, 0.717) is 0 Å². The highest BCUT2D eigenvalue weighted by Crippen LogP contribution is 2.30. The molecule has 0 saturated carbocycles. The van der Waals surface area contributed by atoms with Crippen molar-refractivity contribution in [2.45, 2.75) is 11.1 Å². The molecule has 0 saturated heterocycles. The SMILES string of the molecule is O=C(Nc1ccc(C(F)(F)F)cc1)c1ccc(NS(=O)(=O)c2ccccc2)cc1Cl. The summed E-state index contributed by atoms with van der Waals surface area (Å²) in [6, 6.07) is 15.6. The summed E-state index contributed by atoms with van der Waals surface area (Å²) in [5.41, 5.74) is -0.513. The second kappa shape index (κ2) is 8.37. The first-order valence-corrected chi connectivity index (χ1v) is 10.3. The van der Waals surface area contributed by atoms with Crippen LogP contribution in [0, 0.1) is 0 Å². The van der Waals surface area contributed by atoms with Gasteiger partial charge in [0.2, 0.25) is 0 Å². The van der Waals surface area contributed by atoms with Crippen LogP contribution in [0.15, 0.2) is 77.7 Å². The molecule has 3 aromatic rings. The molecule has 0 unspecified atom stereocenters. The minimum atomic E-state index is -4.48. The van der Waals surface area contributed by atoms with E-state index in [1.54, 1.807) is 18.2 Å². The van der Waals surface area contributed by atoms with E-state index in [1.165, 1.54) is 30.3 Å². The highest BCUT2D eigenvalue weighted by Gasteiger charge is 2.30. The zero-order valence-corrected chi connectivity index (χ0v) is 16.6. The average Bonchev–Trinajstić information content (AvgIpc) is 2.68. The minimum Gasteiger partial charge on any atom is -0.322 e. The van der Waals surface area contributed by atoms with Gasteiger partial charge in [-0.1, -0.05) is 29.8 Å². The van der Waals surface area contributed by atoms with Gasteiger partial charge in [0.25, 0.3) is 15.9 Å². The Labute approximate surface area is 175 Å². The van der Waals surface area contributed by atoms with Crippen LogP contribution in [0.25, 0.3) is 0 Å². The van der Waals surface area contributed by atoms with Crippen LogP contribution in [0.2, 0.25) is 5.02 Å². The molecule has 2 N–H and O–H groups in total. The van der Waals surface area contributed by atoms with E-state index in [9.17, 15) is 26.4 Å². The molecule has 0 aliphatic heterocycles. The average molecular weight is 455 g/mol. The van der Waals surface area contributed by atoms with Gasteiger partial charge in [0.15, 0.2) is 0 Å². The Balaban J connectivity index is 1.74. The number of nitrogens with one attached hydrogen (secondary N) is 2. The van der Waals surface area contributed by atoms with Crippen molar-refractivity contribution >= 4 is 38.9 Å². The van der Waals surface area contributed by atoms with E-state index in [-0.39, 0.29) is 26.9 Å². The maximum Gasteiger partial charge on any atom is 0.416 e. The van der Waals surface area contributed by atoms with Crippen molar-refractivity contribution in [2.75, 3.05) is 10.0 Å². The van der Waals surface area contributed by atoms with E-state index < -0.39 is 27.7 Å². The topological polar surface area (TPSA) is 75.3 Å². The van der Waals surface area contributed by atoms with Gasteiger partial charge < -0.3 is 5.32 Å². The van der Waals surface area contributed by atoms with Gasteiger partial charge in [-0.05, 0) is 54.6 Å². The number of hydrogen-bond acceptors (Lipinski definition) is 3. The van der Waals surface area contributed by atoms with Crippen molar-refractivity contribution in [3.63, 3.8) is 0 Å². The first-order chi connectivity index (χ1) is 14.1. The number of alkyl halides is 3. The molecule has 3 rings (SSSR count). The number of rotatable bonds is 5. The lowest BCUT2D eigenvalue weighted by Crippen LogP contribution is -2.15. The largest absolute Gasteiger partial charge is 0.416 e. The Morgan fingerprint density at radius 1 is 0.867 bits per heavy atom. The number of anilines is 2. The lowest BCUT2D eigenvalue weighted by Gasteiger charge is -2.11. The fourth-order valence-electron chi connectivity index (χ4n) is 2.52. The molecule has 0 aliphatic carbocycles. The molecule has 0 spiro atoms. The Morgan fingerprint density at radius 2 is 1.47 bits per heavy atom. The normalized spacial score (nSPS) is 11.7. The summed E-state index contributed by atoms with van der Waals surface area (Å²) in [4.78, 5) is 12.4. The van der Waals surface area contributed by atoms with Crippen LogP contribution in [0.1, 0.15) is 15.9 Å². The summed E-state index contributed by atoms with van der Waals surface area (Å²) in [6.07, 6.45) is -4.48. The summed E-state index contributed by atoms with van der Waals surface area (Å²) in [7, 11) is -3.83. The van der Waals surface area contributed by atoms with E-state index in [0.717, 1.165) is 24.3 Å². The number of hydrogen-bond donors (Lipinski definition) is 2. The highest BCUT2D eigenvalue weighted by atomic mass is 35.5. The lowest BCUT2D eigenvalue weighted by molar-refractivity contribution is -0.137. The maximum atomic E-state index is 12.6. The van der Waals surface area contributed by atoms with Crippen molar-refractivity contribution in [1.29, 1.82) is 0 Å². The van der Waals surface area contributed by atoms with Gasteiger partial charge >= 0.3 is 6.18 Å². The molecule has 0 aromatic heterocycles. The van der Waals surface area contributed by atoms with Crippen LogP contribution in [0.4, 0.5) is 24.5 Å². The van der Waals surface area contributed by atoms with Gasteiger partial charge in [-0.3, -0.25) is 9.52 Å². The monoisotopic (exact) mass is 454 g/mol. The minimum absolute atomic E-state index is 0.0271. The molecule has 30 heavy (non-hydrogen) atoms. The molecule has 0 fully saturated rings. The summed E-state index contributed by atoms with van der Waals surface area (Å²) in [6.45, 7) is 0. The van der Waals surface area contributed by atoms with E-state index in [4.69, 9.17) is 11.6 Å². The number of carbonyl (C=O) groups is 1. The Hall–Kier alpha value is -3.04. The third-order valence-corrected chi connectivity index (χ3v) is 5.70. The van der Waals surface area contributed by atoms with Crippen LogP contribution >= 0.6 is 11.6 Å². The number of halogens is 4. The zero-order chi connectivity index (χ0) is 21.9. The van der Waals surface area contributed by atoms with Gasteiger partial charge in [0, 0.05) is 5.69 Å². The van der Waals surface area contributed by atoms with Crippen molar-refractivity contribution in [2.24, 2.45) is 0 Å². The molecule has 0 heterocycles. The highest BCUT2D eigenvalue weighted by molar-refractivity contribution is 7.92. The van der Waals surface area contributed by atoms with Crippen molar-refractivity contribution in [3.05, 3.63) is 88.9 Å². The standard InChI is InChI=1S/C20H14ClF3N2O3S/c21-18-12-15(26-30(28,29)16-4-2-1-3-5-16)10-11-17(18)19(27)25-14-8-6-13(7-9-14)20(22,23)24/h1-12,26H,(H,25,27). The Kier molecular flexibility index (Phi) is 6.04. The predicted molar refractivity (Wildman–Crippen MR) is 108 cm³/mol. The fraction of sp³-hybridized carbons (Fsp3) is 0.0500. The van der Waals surface area contributed by atoms with Gasteiger partial charge in [-0.15, -0.1) is 0 Å². The third kappa shape index (κ3) is 5.11. The van der Waals surface area contributed by atoms with Gasteiger partial charge in [0.1, 0.15) is 0 Å². The van der Waals surface area contributed by atoms with Crippen molar-refractivity contribution in [3.8, 4) is 0 Å². The molecule has 0 atom stereocenters. The molecule has 1 amide bonds. The van der Waals surface area contributed by atoms with Crippen molar-refractivity contribution < 1.29 is 26.4 Å². The molecule has 0 aliphatic rings. The van der Waals surface area contributed by atoms with Crippen LogP contribution in [-0.2, 0) is 16.2 Å². The summed E-state index contributed by atoms with van der Waals surface area (Å²) in [5, 5.41) is 2.41. The lowest BCUT2D eigenvalue weighted by atomic mass is 10.1. The molecule has 10 heteroatoms. The van der Waals surface area contributed by atoms with Gasteiger partial charge in [0.05, 0.1) is 26.7 Å². The second-order valence-corrected chi connectivity index (χ2v) is 8.23. The summed E-state index contributed by atoms with van der Waals surface area (Å²) < 4.78 is 64.9. The summed E-state index contributed by atoms with van der Waals surface area (Å²) in [5.74, 6) is -0.655. The fourth-order valence-corrected chi connectivity index (χ4v) is 3.85. The smallest absolute Gasteiger partial charge is 0.322 e. The first kappa shape index (κ1) is 21.7. The van der Waals surface area contributed by atoms with Crippen LogP contribution in [0.5, 0.6) is 0 Å². The van der Waals surface area contributed by atoms with Gasteiger partial charge in [-0.2, -0.15) is 13.2 Å². The van der Waals surface area contributed by atoms with Crippen LogP contribution in [-0.4, -0.2) is 14.3 Å². The van der Waals surface area contributed by atoms with E-state index in [1.807, 2.05) is 0 Å². The predicted octanol–water partition coefficient (Wildman–Crippen LogP) is 5.41. The number of carbonyl (C=O) groups excluding carboxylic acids is 1.